The molecule has 1 N–H and O–H groups in total. The van der Waals surface area contributed by atoms with Crippen LogP contribution >= 0.6 is 11.3 Å². The molecule has 3 atom stereocenters. The topological polar surface area (TPSA) is 76.1 Å². The normalized spacial score (nSPS) is 26.7. The van der Waals surface area contributed by atoms with Gasteiger partial charge in [-0.1, -0.05) is 49.2 Å². The van der Waals surface area contributed by atoms with Gasteiger partial charge < -0.3 is 19.5 Å². The Bertz CT molecular complexity index is 944. The summed E-state index contributed by atoms with van der Waals surface area (Å²) < 4.78 is 11.6. The van der Waals surface area contributed by atoms with Crippen molar-refractivity contribution >= 4 is 23.4 Å². The van der Waals surface area contributed by atoms with Crippen LogP contribution in [0.25, 0.3) is 0 Å². The van der Waals surface area contributed by atoms with Crippen LogP contribution in [-0.2, 0) is 26.5 Å². The monoisotopic (exact) mass is 469 g/mol. The van der Waals surface area contributed by atoms with Gasteiger partial charge in [-0.15, -0.1) is 11.3 Å². The molecule has 7 heteroatoms. The summed E-state index contributed by atoms with van der Waals surface area (Å²) in [4.78, 5) is 28.5. The van der Waals surface area contributed by atoms with Gasteiger partial charge in [0.25, 0.3) is 0 Å². The lowest BCUT2D eigenvalue weighted by atomic mass is 9.84. The number of piperidine rings is 1. The standard InChI is InChI=1S/C26H31NO5S/c28-24(26(30,21-9-4-5-10-21)22-11-6-14-33-22)32-23-19-12-13-20(23)16-27(15-19)25(29)31-17-18-7-2-1-3-8-18/h1-3,6-8,11,14,19-21,23,30H,4-5,9-10,12-13,15-17H2. The molecule has 1 saturated heterocycles. The number of thiophene rings is 1. The Morgan fingerprint density at radius 3 is 2.33 bits per heavy atom. The Morgan fingerprint density at radius 2 is 1.70 bits per heavy atom. The maximum absolute atomic E-state index is 13.4. The highest BCUT2D eigenvalue weighted by atomic mass is 32.1. The van der Waals surface area contributed by atoms with Crippen LogP contribution in [0, 0.1) is 17.8 Å². The molecule has 176 valence electrons. The van der Waals surface area contributed by atoms with Gasteiger partial charge in [0.1, 0.15) is 12.7 Å². The summed E-state index contributed by atoms with van der Waals surface area (Å²) >= 11 is 1.41. The zero-order chi connectivity index (χ0) is 22.8. The van der Waals surface area contributed by atoms with Crippen molar-refractivity contribution < 1.29 is 24.2 Å². The van der Waals surface area contributed by atoms with Gasteiger partial charge in [0.05, 0.1) is 0 Å². The lowest BCUT2D eigenvalue weighted by Gasteiger charge is -2.39. The SMILES string of the molecule is O=C(OCc1ccccc1)N1CC2CCC(C1)C2OC(=O)C(O)(c1cccs1)C1CCCC1. The van der Waals surface area contributed by atoms with E-state index in [1.54, 1.807) is 4.90 Å². The van der Waals surface area contributed by atoms with E-state index in [2.05, 4.69) is 0 Å². The molecule has 2 aliphatic carbocycles. The Labute approximate surface area is 198 Å². The van der Waals surface area contributed by atoms with Crippen LogP contribution in [-0.4, -0.2) is 41.3 Å². The maximum atomic E-state index is 13.4. The molecule has 1 amide bonds. The van der Waals surface area contributed by atoms with Crippen molar-refractivity contribution in [3.05, 3.63) is 58.3 Å². The Morgan fingerprint density at radius 1 is 1.00 bits per heavy atom. The fraction of sp³-hybridized carbons (Fsp3) is 0.538. The van der Waals surface area contributed by atoms with E-state index in [1.807, 2.05) is 47.8 Å². The molecule has 1 aromatic carbocycles. The highest BCUT2D eigenvalue weighted by molar-refractivity contribution is 7.10. The number of esters is 1. The third-order valence-corrected chi connectivity index (χ3v) is 8.60. The van der Waals surface area contributed by atoms with E-state index in [0.717, 1.165) is 44.1 Å². The van der Waals surface area contributed by atoms with Gasteiger partial charge in [-0.3, -0.25) is 0 Å². The Kier molecular flexibility index (Phi) is 6.43. The van der Waals surface area contributed by atoms with E-state index in [1.165, 1.54) is 11.3 Å². The molecule has 0 spiro atoms. The van der Waals surface area contributed by atoms with Crippen molar-refractivity contribution in [2.75, 3.05) is 13.1 Å². The third kappa shape index (κ3) is 4.41. The van der Waals surface area contributed by atoms with Gasteiger partial charge in [-0.05, 0) is 42.7 Å². The number of hydrogen-bond donors (Lipinski definition) is 1. The van der Waals surface area contributed by atoms with Crippen molar-refractivity contribution in [1.29, 1.82) is 0 Å². The highest BCUT2D eigenvalue weighted by Crippen LogP contribution is 2.45. The van der Waals surface area contributed by atoms with Crippen LogP contribution in [0.3, 0.4) is 0 Å². The van der Waals surface area contributed by atoms with E-state index in [9.17, 15) is 14.7 Å². The van der Waals surface area contributed by atoms with Gasteiger partial charge in [-0.2, -0.15) is 0 Å². The number of carbonyl (C=O) groups excluding carboxylic acids is 2. The average Bonchev–Trinajstić information content (AvgIpc) is 3.60. The van der Waals surface area contributed by atoms with Crippen LogP contribution in [0.2, 0.25) is 0 Å². The maximum Gasteiger partial charge on any atom is 0.410 e. The van der Waals surface area contributed by atoms with Crippen molar-refractivity contribution in [2.24, 2.45) is 17.8 Å². The number of aliphatic hydroxyl groups is 1. The molecule has 3 aliphatic rings. The smallest absolute Gasteiger partial charge is 0.410 e. The number of fused-ring (bicyclic) bond motifs is 2. The van der Waals surface area contributed by atoms with Crippen LogP contribution in [0.5, 0.6) is 0 Å². The van der Waals surface area contributed by atoms with E-state index in [4.69, 9.17) is 9.47 Å². The molecule has 3 fully saturated rings. The largest absolute Gasteiger partial charge is 0.459 e. The first-order valence-corrected chi connectivity index (χ1v) is 12.9. The summed E-state index contributed by atoms with van der Waals surface area (Å²) in [7, 11) is 0. The first-order chi connectivity index (χ1) is 16.1. The second-order valence-corrected chi connectivity index (χ2v) is 10.6. The van der Waals surface area contributed by atoms with Gasteiger partial charge in [0.15, 0.2) is 5.60 Å². The van der Waals surface area contributed by atoms with E-state index in [0.29, 0.717) is 18.0 Å². The van der Waals surface area contributed by atoms with Crippen LogP contribution in [0.4, 0.5) is 4.79 Å². The summed E-state index contributed by atoms with van der Waals surface area (Å²) in [6.07, 6.45) is 4.97. The van der Waals surface area contributed by atoms with Gasteiger partial charge >= 0.3 is 12.1 Å². The molecule has 1 aliphatic heterocycles. The van der Waals surface area contributed by atoms with Crippen molar-refractivity contribution in [3.63, 3.8) is 0 Å². The predicted molar refractivity (Wildman–Crippen MR) is 124 cm³/mol. The number of hydrogen-bond acceptors (Lipinski definition) is 6. The molecule has 5 rings (SSSR count). The molecule has 1 aromatic heterocycles. The summed E-state index contributed by atoms with van der Waals surface area (Å²) in [6, 6.07) is 13.4. The number of rotatable bonds is 6. The lowest BCUT2D eigenvalue weighted by Crippen LogP contribution is -2.51. The number of likely N-dealkylation sites (tertiary alicyclic amines) is 1. The molecule has 2 bridgehead atoms. The Balaban J connectivity index is 1.23. The third-order valence-electron chi connectivity index (χ3n) is 7.61. The average molecular weight is 470 g/mol. The molecule has 6 nitrogen and oxygen atoms in total. The minimum absolute atomic E-state index is 0.0770. The first kappa shape index (κ1) is 22.4. The lowest BCUT2D eigenvalue weighted by molar-refractivity contribution is -0.185. The number of nitrogens with zero attached hydrogens (tertiary/aromatic N) is 1. The van der Waals surface area contributed by atoms with Crippen LogP contribution in [0.15, 0.2) is 47.8 Å². The minimum atomic E-state index is -1.57. The molecule has 2 saturated carbocycles. The van der Waals surface area contributed by atoms with Crippen molar-refractivity contribution in [3.8, 4) is 0 Å². The van der Waals surface area contributed by atoms with E-state index in [-0.39, 0.29) is 36.6 Å². The zero-order valence-electron chi connectivity index (χ0n) is 18.7. The fourth-order valence-electron chi connectivity index (χ4n) is 5.85. The van der Waals surface area contributed by atoms with Gasteiger partial charge in [0.2, 0.25) is 0 Å². The molecule has 2 heterocycles. The van der Waals surface area contributed by atoms with Crippen molar-refractivity contribution in [1.82, 2.24) is 4.90 Å². The Hall–Kier alpha value is -2.38. The summed E-state index contributed by atoms with van der Waals surface area (Å²) in [5.74, 6) is -0.463. The molecular weight excluding hydrogens is 438 g/mol. The predicted octanol–water partition coefficient (Wildman–Crippen LogP) is 4.72. The second-order valence-electron chi connectivity index (χ2n) is 9.64. The number of carbonyl (C=O) groups is 2. The molecule has 2 aromatic rings. The van der Waals surface area contributed by atoms with Crippen LogP contribution < -0.4 is 0 Å². The number of benzene rings is 1. The van der Waals surface area contributed by atoms with Crippen molar-refractivity contribution in [2.45, 2.75) is 56.8 Å². The molecule has 33 heavy (non-hydrogen) atoms. The molecule has 0 radical (unpaired) electrons. The molecular formula is C26H31NO5S. The van der Waals surface area contributed by atoms with Gasteiger partial charge in [-0.25, -0.2) is 9.59 Å². The van der Waals surface area contributed by atoms with E-state index < -0.39 is 11.6 Å². The summed E-state index contributed by atoms with van der Waals surface area (Å²) in [6.45, 7) is 1.28. The fourth-order valence-corrected chi connectivity index (χ4v) is 6.74. The zero-order valence-corrected chi connectivity index (χ0v) is 19.5. The minimum Gasteiger partial charge on any atom is -0.459 e. The highest BCUT2D eigenvalue weighted by Gasteiger charge is 2.52. The van der Waals surface area contributed by atoms with Gasteiger partial charge in [0, 0.05) is 35.7 Å². The number of ether oxygens (including phenoxy) is 2. The van der Waals surface area contributed by atoms with E-state index >= 15 is 0 Å². The first-order valence-electron chi connectivity index (χ1n) is 12.0. The number of amides is 1. The second kappa shape index (κ2) is 9.47. The summed E-state index contributed by atoms with van der Waals surface area (Å²) in [5, 5.41) is 13.5. The quantitative estimate of drug-likeness (QED) is 0.620. The molecule has 3 unspecified atom stereocenters. The summed E-state index contributed by atoms with van der Waals surface area (Å²) in [5.41, 5.74) is -0.618. The van der Waals surface area contributed by atoms with Crippen LogP contribution in [0.1, 0.15) is 49.0 Å².